The molecule has 1 aromatic heterocycles. The highest BCUT2D eigenvalue weighted by Crippen LogP contribution is 2.15. The Morgan fingerprint density at radius 1 is 0.625 bits per heavy atom. The van der Waals surface area contributed by atoms with E-state index < -0.39 is 0 Å². The normalized spacial score (nSPS) is 11.2. The van der Waals surface area contributed by atoms with Crippen LogP contribution < -0.4 is 0 Å². The van der Waals surface area contributed by atoms with E-state index in [1.54, 1.807) is 0 Å². The van der Waals surface area contributed by atoms with Gasteiger partial charge in [-0.25, -0.2) is 0 Å². The zero-order valence-electron chi connectivity index (χ0n) is 16.7. The van der Waals surface area contributed by atoms with E-state index >= 15 is 0 Å². The first-order chi connectivity index (χ1) is 11.8. The number of H-pyrrole nitrogens is 1. The lowest BCUT2D eigenvalue weighted by Gasteiger charge is -2.04. The van der Waals surface area contributed by atoms with Crippen LogP contribution in [0.15, 0.2) is 12.3 Å². The molecule has 0 saturated carbocycles. The fourth-order valence-electron chi connectivity index (χ4n) is 3.62. The quantitative estimate of drug-likeness (QED) is 0.277. The van der Waals surface area contributed by atoms with Gasteiger partial charge >= 0.3 is 0 Å². The van der Waals surface area contributed by atoms with Crippen molar-refractivity contribution in [3.63, 3.8) is 0 Å². The molecule has 1 rings (SSSR count). The number of hydrogen-bond donors (Lipinski definition) is 1. The summed E-state index contributed by atoms with van der Waals surface area (Å²) in [5.74, 6) is 0. The predicted octanol–water partition coefficient (Wildman–Crippen LogP) is 8.13. The number of unbranched alkanes of at least 4 members (excludes halogenated alkanes) is 15. The summed E-state index contributed by atoms with van der Waals surface area (Å²) in [4.78, 5) is 3.27. The second-order valence-corrected chi connectivity index (χ2v) is 7.68. The fourth-order valence-corrected chi connectivity index (χ4v) is 3.62. The van der Waals surface area contributed by atoms with Crippen LogP contribution in [0.3, 0.4) is 0 Å². The van der Waals surface area contributed by atoms with Crippen LogP contribution in [0, 0.1) is 6.92 Å². The third-order valence-electron chi connectivity index (χ3n) is 5.37. The Morgan fingerprint density at radius 2 is 1.04 bits per heavy atom. The van der Waals surface area contributed by atoms with E-state index in [1.807, 2.05) is 0 Å². The van der Waals surface area contributed by atoms with Crippen LogP contribution in [0.1, 0.15) is 121 Å². The van der Waals surface area contributed by atoms with Crippen molar-refractivity contribution in [1.29, 1.82) is 0 Å². The molecule has 24 heavy (non-hydrogen) atoms. The lowest BCUT2D eigenvalue weighted by atomic mass is 10.0. The van der Waals surface area contributed by atoms with Crippen molar-refractivity contribution in [2.75, 3.05) is 0 Å². The third-order valence-corrected chi connectivity index (χ3v) is 5.37. The second kappa shape index (κ2) is 15.8. The maximum absolute atomic E-state index is 3.27. The molecule has 0 radical (unpaired) electrons. The van der Waals surface area contributed by atoms with Crippen LogP contribution >= 0.6 is 0 Å². The van der Waals surface area contributed by atoms with E-state index in [0.29, 0.717) is 0 Å². The Kier molecular flexibility index (Phi) is 14.0. The number of aryl methyl sites for hydroxylation is 2. The van der Waals surface area contributed by atoms with Gasteiger partial charge in [0.25, 0.3) is 0 Å². The Balaban J connectivity index is 1.71. The van der Waals surface area contributed by atoms with Gasteiger partial charge in [-0.2, -0.15) is 0 Å². The van der Waals surface area contributed by atoms with Crippen molar-refractivity contribution in [2.45, 2.75) is 123 Å². The summed E-state index contributed by atoms with van der Waals surface area (Å²) in [6.07, 6.45) is 26.5. The van der Waals surface area contributed by atoms with Gasteiger partial charge in [0.15, 0.2) is 0 Å². The molecule has 0 spiro atoms. The van der Waals surface area contributed by atoms with Gasteiger partial charge in [-0.3, -0.25) is 0 Å². The number of rotatable bonds is 17. The molecule has 0 bridgehead atoms. The summed E-state index contributed by atoms with van der Waals surface area (Å²) >= 11 is 0. The lowest BCUT2D eigenvalue weighted by Crippen LogP contribution is -1.87. The number of aromatic nitrogens is 1. The van der Waals surface area contributed by atoms with Crippen LogP contribution in [0.25, 0.3) is 0 Å². The molecule has 1 heterocycles. The SMILES string of the molecule is CCCCCCCCCCCCCCCCCCc1cc[nH]c1C. The summed E-state index contributed by atoms with van der Waals surface area (Å²) in [7, 11) is 0. The zero-order chi connectivity index (χ0) is 17.3. The average Bonchev–Trinajstić information content (AvgIpc) is 2.99. The smallest absolute Gasteiger partial charge is 0.0148 e. The van der Waals surface area contributed by atoms with Crippen LogP contribution in [-0.2, 0) is 6.42 Å². The Morgan fingerprint density at radius 3 is 1.42 bits per heavy atom. The van der Waals surface area contributed by atoms with Gasteiger partial charge in [-0.05, 0) is 31.4 Å². The number of hydrogen-bond acceptors (Lipinski definition) is 0. The predicted molar refractivity (Wildman–Crippen MR) is 109 cm³/mol. The molecule has 0 aliphatic carbocycles. The molecule has 0 amide bonds. The Labute approximate surface area is 152 Å². The highest BCUT2D eigenvalue weighted by atomic mass is 14.7. The lowest BCUT2D eigenvalue weighted by molar-refractivity contribution is 0.529. The third kappa shape index (κ3) is 11.8. The Bertz CT molecular complexity index is 366. The molecule has 0 fully saturated rings. The topological polar surface area (TPSA) is 15.8 Å². The minimum Gasteiger partial charge on any atom is -0.365 e. The number of aromatic amines is 1. The molecule has 0 saturated heterocycles. The van der Waals surface area contributed by atoms with Crippen molar-refractivity contribution < 1.29 is 0 Å². The van der Waals surface area contributed by atoms with Crippen LogP contribution in [0.2, 0.25) is 0 Å². The molecule has 0 aliphatic rings. The molecule has 0 atom stereocenters. The highest BCUT2D eigenvalue weighted by Gasteiger charge is 1.98. The first kappa shape index (κ1) is 21.3. The maximum atomic E-state index is 3.27. The van der Waals surface area contributed by atoms with E-state index in [2.05, 4.69) is 31.1 Å². The number of nitrogens with one attached hydrogen (secondary N) is 1. The van der Waals surface area contributed by atoms with Gasteiger partial charge in [0.05, 0.1) is 0 Å². The van der Waals surface area contributed by atoms with Crippen LogP contribution in [-0.4, -0.2) is 4.98 Å². The van der Waals surface area contributed by atoms with Crippen LogP contribution in [0.4, 0.5) is 0 Å². The van der Waals surface area contributed by atoms with Crippen molar-refractivity contribution in [3.05, 3.63) is 23.5 Å². The molecule has 0 unspecified atom stereocenters. The summed E-state index contributed by atoms with van der Waals surface area (Å²) in [6.45, 7) is 4.48. The second-order valence-electron chi connectivity index (χ2n) is 7.68. The van der Waals surface area contributed by atoms with Crippen molar-refractivity contribution in [2.24, 2.45) is 0 Å². The van der Waals surface area contributed by atoms with Crippen molar-refractivity contribution in [1.82, 2.24) is 4.98 Å². The van der Waals surface area contributed by atoms with Crippen molar-refractivity contribution in [3.8, 4) is 0 Å². The van der Waals surface area contributed by atoms with Gasteiger partial charge in [-0.15, -0.1) is 0 Å². The first-order valence-electron chi connectivity index (χ1n) is 11.0. The minimum atomic E-state index is 1.26. The van der Waals surface area contributed by atoms with Crippen LogP contribution in [0.5, 0.6) is 0 Å². The van der Waals surface area contributed by atoms with E-state index in [4.69, 9.17) is 0 Å². The molecule has 1 nitrogen and oxygen atoms in total. The molecule has 1 heteroatoms. The fraction of sp³-hybridized carbons (Fsp3) is 0.826. The zero-order valence-corrected chi connectivity index (χ0v) is 16.7. The summed E-state index contributed by atoms with van der Waals surface area (Å²) in [5.41, 5.74) is 2.87. The molecule has 140 valence electrons. The average molecular weight is 334 g/mol. The highest BCUT2D eigenvalue weighted by molar-refractivity contribution is 5.18. The molecule has 0 aromatic carbocycles. The van der Waals surface area contributed by atoms with E-state index in [-0.39, 0.29) is 0 Å². The van der Waals surface area contributed by atoms with Gasteiger partial charge in [-0.1, -0.05) is 103 Å². The molecular weight excluding hydrogens is 290 g/mol. The van der Waals surface area contributed by atoms with Gasteiger partial charge in [0.1, 0.15) is 0 Å². The molecular formula is C23H43N. The first-order valence-corrected chi connectivity index (χ1v) is 11.0. The van der Waals surface area contributed by atoms with E-state index in [1.165, 1.54) is 120 Å². The van der Waals surface area contributed by atoms with Gasteiger partial charge < -0.3 is 4.98 Å². The minimum absolute atomic E-state index is 1.26. The maximum Gasteiger partial charge on any atom is 0.0148 e. The largest absolute Gasteiger partial charge is 0.365 e. The summed E-state index contributed by atoms with van der Waals surface area (Å²) in [6, 6.07) is 2.24. The van der Waals surface area contributed by atoms with E-state index in [0.717, 1.165) is 0 Å². The molecule has 1 aromatic rings. The summed E-state index contributed by atoms with van der Waals surface area (Å²) in [5, 5.41) is 0. The monoisotopic (exact) mass is 333 g/mol. The van der Waals surface area contributed by atoms with E-state index in [9.17, 15) is 0 Å². The Hall–Kier alpha value is -0.720. The summed E-state index contributed by atoms with van der Waals surface area (Å²) < 4.78 is 0. The van der Waals surface area contributed by atoms with Gasteiger partial charge in [0.2, 0.25) is 0 Å². The molecule has 1 N–H and O–H groups in total. The standard InChI is InChI=1S/C23H43N/c1-3-4-5-6-7-8-9-10-11-12-13-14-15-16-17-18-19-23-20-21-24-22(23)2/h20-21,24H,3-19H2,1-2H3. The van der Waals surface area contributed by atoms with Gasteiger partial charge in [0, 0.05) is 11.9 Å². The molecule has 0 aliphatic heterocycles. The van der Waals surface area contributed by atoms with Crippen molar-refractivity contribution >= 4 is 0 Å².